The molecule has 140 valence electrons. The lowest BCUT2D eigenvalue weighted by molar-refractivity contribution is -0.384. The highest BCUT2D eigenvalue weighted by Crippen LogP contribution is 2.35. The molecule has 0 radical (unpaired) electrons. The second kappa shape index (κ2) is 8.09. The third kappa shape index (κ3) is 4.20. The molecule has 0 saturated heterocycles. The second-order valence-electron chi connectivity index (χ2n) is 5.74. The van der Waals surface area contributed by atoms with Gasteiger partial charge in [0, 0.05) is 30.0 Å². The van der Waals surface area contributed by atoms with Crippen LogP contribution in [0, 0.1) is 10.1 Å². The van der Waals surface area contributed by atoms with Crippen molar-refractivity contribution in [1.29, 1.82) is 0 Å². The molecular weight excluding hydrogens is 370 g/mol. The average molecular weight is 387 g/mol. The number of nitro benzene ring substituents is 1. The fourth-order valence-electron chi connectivity index (χ4n) is 2.73. The summed E-state index contributed by atoms with van der Waals surface area (Å²) < 4.78 is 5.13. The Balaban J connectivity index is 1.70. The molecule has 0 aliphatic carbocycles. The second-order valence-corrected chi connectivity index (χ2v) is 6.76. The Labute approximate surface area is 159 Å². The molecule has 3 rings (SSSR count). The summed E-state index contributed by atoms with van der Waals surface area (Å²) in [7, 11) is 1.41. The topological polar surface area (TPSA) is 102 Å². The van der Waals surface area contributed by atoms with E-state index in [1.165, 1.54) is 37.1 Å². The van der Waals surface area contributed by atoms with Crippen molar-refractivity contribution < 1.29 is 19.2 Å². The van der Waals surface area contributed by atoms with Crippen LogP contribution in [0.4, 0.5) is 17.1 Å². The van der Waals surface area contributed by atoms with Gasteiger partial charge in [0.05, 0.1) is 29.2 Å². The van der Waals surface area contributed by atoms with E-state index < -0.39 is 4.92 Å². The summed E-state index contributed by atoms with van der Waals surface area (Å²) in [6.07, 6.45) is 0.0522. The number of fused-ring (bicyclic) bond motifs is 1. The van der Waals surface area contributed by atoms with Crippen molar-refractivity contribution in [3.05, 3.63) is 52.6 Å². The molecule has 2 aromatic rings. The van der Waals surface area contributed by atoms with Crippen molar-refractivity contribution in [2.24, 2.45) is 0 Å². The standard InChI is InChI=1S/C18H17N3O5S/c1-26-15-7-6-12(21(24)25)10-13(15)19-17(22)8-9-20-14-4-2-3-5-16(14)27-11-18(20)23/h2-7,10H,8-9,11H2,1H3,(H,19,22). The van der Waals surface area contributed by atoms with E-state index in [2.05, 4.69) is 5.32 Å². The third-order valence-corrected chi connectivity index (χ3v) is 5.09. The monoisotopic (exact) mass is 387 g/mol. The van der Waals surface area contributed by atoms with Gasteiger partial charge in [-0.15, -0.1) is 11.8 Å². The predicted octanol–water partition coefficient (Wildman–Crippen LogP) is 3.07. The molecule has 2 amide bonds. The fourth-order valence-corrected chi connectivity index (χ4v) is 3.67. The number of carbonyl (C=O) groups is 2. The van der Waals surface area contributed by atoms with E-state index in [9.17, 15) is 19.7 Å². The van der Waals surface area contributed by atoms with Gasteiger partial charge in [-0.05, 0) is 18.2 Å². The lowest BCUT2D eigenvalue weighted by Crippen LogP contribution is -2.37. The highest BCUT2D eigenvalue weighted by molar-refractivity contribution is 8.00. The molecule has 0 saturated carbocycles. The van der Waals surface area contributed by atoms with Gasteiger partial charge in [0.25, 0.3) is 5.69 Å². The molecule has 8 nitrogen and oxygen atoms in total. The number of nitrogens with one attached hydrogen (secondary N) is 1. The van der Waals surface area contributed by atoms with Crippen molar-refractivity contribution in [3.63, 3.8) is 0 Å². The van der Waals surface area contributed by atoms with Crippen LogP contribution in [-0.2, 0) is 9.59 Å². The highest BCUT2D eigenvalue weighted by atomic mass is 32.2. The van der Waals surface area contributed by atoms with Crippen LogP contribution in [0.15, 0.2) is 47.4 Å². The van der Waals surface area contributed by atoms with Crippen molar-refractivity contribution >= 4 is 40.6 Å². The van der Waals surface area contributed by atoms with Crippen molar-refractivity contribution in [1.82, 2.24) is 0 Å². The summed E-state index contributed by atoms with van der Waals surface area (Å²) >= 11 is 1.47. The SMILES string of the molecule is COc1ccc([N+](=O)[O-])cc1NC(=O)CCN1C(=O)CSc2ccccc21. The summed E-state index contributed by atoms with van der Waals surface area (Å²) in [5.74, 6) is 0.235. The maximum Gasteiger partial charge on any atom is 0.271 e. The van der Waals surface area contributed by atoms with Gasteiger partial charge in [0.2, 0.25) is 11.8 Å². The van der Waals surface area contributed by atoms with E-state index in [1.54, 1.807) is 4.90 Å². The first kappa shape index (κ1) is 18.7. The Bertz CT molecular complexity index is 902. The van der Waals surface area contributed by atoms with Gasteiger partial charge in [-0.25, -0.2) is 0 Å². The Morgan fingerprint density at radius 2 is 2.11 bits per heavy atom. The Kier molecular flexibility index (Phi) is 5.60. The number of benzene rings is 2. The van der Waals surface area contributed by atoms with Crippen LogP contribution in [0.25, 0.3) is 0 Å². The van der Waals surface area contributed by atoms with Crippen LogP contribution in [0.5, 0.6) is 5.75 Å². The molecule has 0 fully saturated rings. The molecule has 0 bridgehead atoms. The smallest absolute Gasteiger partial charge is 0.271 e. The van der Waals surface area contributed by atoms with Crippen LogP contribution >= 0.6 is 11.8 Å². The van der Waals surface area contributed by atoms with Crippen LogP contribution in [0.1, 0.15) is 6.42 Å². The van der Waals surface area contributed by atoms with Crippen LogP contribution in [-0.4, -0.2) is 36.1 Å². The van der Waals surface area contributed by atoms with Gasteiger partial charge < -0.3 is 15.0 Å². The molecule has 0 spiro atoms. The van der Waals surface area contributed by atoms with Crippen molar-refractivity contribution in [2.75, 3.05) is 29.6 Å². The molecule has 27 heavy (non-hydrogen) atoms. The number of non-ortho nitro benzene ring substituents is 1. The molecule has 1 N–H and O–H groups in total. The summed E-state index contributed by atoms with van der Waals surface area (Å²) in [6, 6.07) is 11.5. The molecule has 0 unspecified atom stereocenters. The van der Waals surface area contributed by atoms with E-state index >= 15 is 0 Å². The number of para-hydroxylation sites is 1. The minimum Gasteiger partial charge on any atom is -0.495 e. The lowest BCUT2D eigenvalue weighted by atomic mass is 10.2. The number of methoxy groups -OCH3 is 1. The predicted molar refractivity (Wildman–Crippen MR) is 102 cm³/mol. The number of carbonyl (C=O) groups excluding carboxylic acids is 2. The molecular formula is C18H17N3O5S. The zero-order valence-electron chi connectivity index (χ0n) is 14.5. The quantitative estimate of drug-likeness (QED) is 0.604. The van der Waals surface area contributed by atoms with Gasteiger partial charge in [0.1, 0.15) is 5.75 Å². The highest BCUT2D eigenvalue weighted by Gasteiger charge is 2.25. The molecule has 2 aromatic carbocycles. The zero-order chi connectivity index (χ0) is 19.4. The number of hydrogen-bond donors (Lipinski definition) is 1. The minimum absolute atomic E-state index is 0.0522. The third-order valence-electron chi connectivity index (χ3n) is 4.04. The van der Waals surface area contributed by atoms with Gasteiger partial charge in [-0.1, -0.05) is 12.1 Å². The first-order chi connectivity index (χ1) is 13.0. The first-order valence-electron chi connectivity index (χ1n) is 8.14. The van der Waals surface area contributed by atoms with E-state index in [-0.39, 0.29) is 36.2 Å². The number of nitrogens with zero attached hydrogens (tertiary/aromatic N) is 2. The van der Waals surface area contributed by atoms with Crippen LogP contribution in [0.2, 0.25) is 0 Å². The summed E-state index contributed by atoms with van der Waals surface area (Å²) in [5, 5.41) is 13.6. The maximum atomic E-state index is 12.3. The van der Waals surface area contributed by atoms with E-state index in [0.717, 1.165) is 10.6 Å². The zero-order valence-corrected chi connectivity index (χ0v) is 15.3. The van der Waals surface area contributed by atoms with Gasteiger partial charge in [-0.2, -0.15) is 0 Å². The van der Waals surface area contributed by atoms with Crippen LogP contribution in [0.3, 0.4) is 0 Å². The molecule has 0 atom stereocenters. The fraction of sp³-hybridized carbons (Fsp3) is 0.222. The lowest BCUT2D eigenvalue weighted by Gasteiger charge is -2.28. The number of amides is 2. The van der Waals surface area contributed by atoms with Crippen molar-refractivity contribution in [3.8, 4) is 5.75 Å². The number of nitro groups is 1. The normalized spacial score (nSPS) is 13.1. The Morgan fingerprint density at radius 1 is 1.33 bits per heavy atom. The minimum atomic E-state index is -0.546. The molecule has 9 heteroatoms. The molecule has 0 aromatic heterocycles. The first-order valence-corrected chi connectivity index (χ1v) is 9.12. The van der Waals surface area contributed by atoms with E-state index in [4.69, 9.17) is 4.74 Å². The largest absolute Gasteiger partial charge is 0.495 e. The van der Waals surface area contributed by atoms with Gasteiger partial charge in [-0.3, -0.25) is 19.7 Å². The number of anilines is 2. The molecule has 1 aliphatic rings. The molecule has 1 aliphatic heterocycles. The molecule has 1 heterocycles. The number of ether oxygens (including phenoxy) is 1. The Hall–Kier alpha value is -3.07. The number of rotatable bonds is 6. The van der Waals surface area contributed by atoms with Gasteiger partial charge in [0.15, 0.2) is 0 Å². The van der Waals surface area contributed by atoms with Crippen molar-refractivity contribution in [2.45, 2.75) is 11.3 Å². The maximum absolute atomic E-state index is 12.3. The Morgan fingerprint density at radius 3 is 2.85 bits per heavy atom. The number of hydrogen-bond acceptors (Lipinski definition) is 6. The van der Waals surface area contributed by atoms with Gasteiger partial charge >= 0.3 is 0 Å². The number of thioether (sulfide) groups is 1. The van der Waals surface area contributed by atoms with E-state index in [0.29, 0.717) is 11.5 Å². The summed E-state index contributed by atoms with van der Waals surface area (Å²) in [6.45, 7) is 0.222. The average Bonchev–Trinajstić information content (AvgIpc) is 2.67. The summed E-state index contributed by atoms with van der Waals surface area (Å²) in [4.78, 5) is 37.5. The van der Waals surface area contributed by atoms with E-state index in [1.807, 2.05) is 24.3 Å². The van der Waals surface area contributed by atoms with Crippen LogP contribution < -0.4 is 15.0 Å². The summed E-state index contributed by atoms with van der Waals surface area (Å²) in [5.41, 5.74) is 0.861.